The van der Waals surface area contributed by atoms with Gasteiger partial charge in [-0.15, -0.1) is 0 Å². The summed E-state index contributed by atoms with van der Waals surface area (Å²) in [6.07, 6.45) is 5.72. The molecule has 0 unspecified atom stereocenters. The number of nitrogens with one attached hydrogen (secondary N) is 1. The van der Waals surface area contributed by atoms with Crippen molar-refractivity contribution in [3.63, 3.8) is 0 Å². The molecule has 0 aromatic heterocycles. The number of likely N-dealkylation sites (tertiary alicyclic amines) is 1. The molecule has 0 spiro atoms. The Morgan fingerprint density at radius 3 is 2.22 bits per heavy atom. The number of nitriles is 1. The third-order valence-corrected chi connectivity index (χ3v) is 5.88. The van der Waals surface area contributed by atoms with E-state index in [4.69, 9.17) is 5.26 Å². The summed E-state index contributed by atoms with van der Waals surface area (Å²) in [6.45, 7) is 6.14. The maximum Gasteiger partial charge on any atom is 0.285 e. The topological polar surface area (TPSA) is 52.9 Å². The number of quaternary nitrogens is 1. The van der Waals surface area contributed by atoms with Crippen molar-refractivity contribution in [1.82, 2.24) is 0 Å². The van der Waals surface area contributed by atoms with Crippen LogP contribution >= 0.6 is 0 Å². The van der Waals surface area contributed by atoms with Crippen molar-refractivity contribution in [3.05, 3.63) is 28.8 Å². The van der Waals surface area contributed by atoms with Crippen LogP contribution in [-0.2, 0) is 4.79 Å². The summed E-state index contributed by atoms with van der Waals surface area (Å²) in [6, 6.07) is 5.87. The van der Waals surface area contributed by atoms with Gasteiger partial charge < -0.3 is 9.80 Å². The first-order valence-electron chi connectivity index (χ1n) is 8.59. The molecule has 1 amide bonds. The predicted octanol–water partition coefficient (Wildman–Crippen LogP) is 3.28. The first-order chi connectivity index (χ1) is 10.9. The van der Waals surface area contributed by atoms with E-state index >= 15 is 0 Å². The van der Waals surface area contributed by atoms with Crippen molar-refractivity contribution in [2.45, 2.75) is 51.5 Å². The van der Waals surface area contributed by atoms with Crippen molar-refractivity contribution < 1.29 is 9.28 Å². The van der Waals surface area contributed by atoms with Crippen molar-refractivity contribution in [3.8, 4) is 6.07 Å². The minimum atomic E-state index is -0.229. The normalized spacial score (nSPS) is 21.3. The van der Waals surface area contributed by atoms with E-state index in [0.717, 1.165) is 47.2 Å². The largest absolute Gasteiger partial charge is 0.320 e. The maximum atomic E-state index is 13.1. The Bertz CT molecular complexity index is 653. The van der Waals surface area contributed by atoms with Crippen molar-refractivity contribution in [1.29, 1.82) is 5.26 Å². The van der Waals surface area contributed by atoms with Gasteiger partial charge in [0.05, 0.1) is 31.8 Å². The molecule has 0 atom stereocenters. The number of amides is 1. The summed E-state index contributed by atoms with van der Waals surface area (Å²) < 4.78 is 0.896. The first-order valence-corrected chi connectivity index (χ1v) is 8.59. The number of carbonyl (C=O) groups is 1. The van der Waals surface area contributed by atoms with Crippen LogP contribution in [0.4, 0.5) is 5.69 Å². The molecule has 1 aliphatic heterocycles. The Kier molecular flexibility index (Phi) is 3.93. The van der Waals surface area contributed by atoms with Crippen LogP contribution in [-0.4, -0.2) is 36.1 Å². The molecule has 0 bridgehead atoms. The lowest BCUT2D eigenvalue weighted by Crippen LogP contribution is -2.61. The van der Waals surface area contributed by atoms with Crippen molar-refractivity contribution in [2.24, 2.45) is 0 Å². The highest BCUT2D eigenvalue weighted by Gasteiger charge is 2.64. The van der Waals surface area contributed by atoms with Gasteiger partial charge in [-0.2, -0.15) is 5.26 Å². The summed E-state index contributed by atoms with van der Waals surface area (Å²) in [5.74, 6) is 0.165. The van der Waals surface area contributed by atoms with E-state index in [1.165, 1.54) is 19.3 Å². The minimum Gasteiger partial charge on any atom is -0.320 e. The summed E-state index contributed by atoms with van der Waals surface area (Å²) in [5, 5.41) is 12.3. The summed E-state index contributed by atoms with van der Waals surface area (Å²) in [5.41, 5.74) is 3.23. The second-order valence-corrected chi connectivity index (χ2v) is 7.49. The Hall–Kier alpha value is -1.86. The van der Waals surface area contributed by atoms with Crippen LogP contribution in [0.1, 0.15) is 48.8 Å². The maximum absolute atomic E-state index is 13.1. The van der Waals surface area contributed by atoms with Gasteiger partial charge in [-0.05, 0) is 56.4 Å². The zero-order valence-corrected chi connectivity index (χ0v) is 14.4. The molecule has 1 aromatic carbocycles. The molecule has 23 heavy (non-hydrogen) atoms. The highest BCUT2D eigenvalue weighted by Crippen LogP contribution is 2.48. The van der Waals surface area contributed by atoms with Crippen LogP contribution in [0.5, 0.6) is 0 Å². The molecule has 2 aliphatic rings. The van der Waals surface area contributed by atoms with Gasteiger partial charge in [-0.1, -0.05) is 0 Å². The zero-order valence-electron chi connectivity index (χ0n) is 14.4. The summed E-state index contributed by atoms with van der Waals surface area (Å²) in [4.78, 5) is 13.1. The van der Waals surface area contributed by atoms with Crippen LogP contribution in [0.25, 0.3) is 0 Å². The molecule has 2 fully saturated rings. The van der Waals surface area contributed by atoms with Gasteiger partial charge in [0.15, 0.2) is 5.54 Å². The van der Waals surface area contributed by atoms with Gasteiger partial charge in [0.2, 0.25) is 0 Å². The zero-order chi connectivity index (χ0) is 16.7. The van der Waals surface area contributed by atoms with Crippen LogP contribution in [0.2, 0.25) is 0 Å². The summed E-state index contributed by atoms with van der Waals surface area (Å²) in [7, 11) is 2.25. The molecule has 0 radical (unpaired) electrons. The number of hydrogen-bond acceptors (Lipinski definition) is 2. The molecule has 1 saturated heterocycles. The lowest BCUT2D eigenvalue weighted by molar-refractivity contribution is -0.938. The molecular weight excluding hydrogens is 286 g/mol. The van der Waals surface area contributed by atoms with Crippen LogP contribution in [0.3, 0.4) is 0 Å². The lowest BCUT2D eigenvalue weighted by atomic mass is 10.0. The van der Waals surface area contributed by atoms with Gasteiger partial charge in [0, 0.05) is 18.5 Å². The molecule has 1 aliphatic carbocycles. The van der Waals surface area contributed by atoms with Crippen LogP contribution in [0, 0.1) is 25.2 Å². The van der Waals surface area contributed by atoms with E-state index in [2.05, 4.69) is 18.4 Å². The molecule has 122 valence electrons. The van der Waals surface area contributed by atoms with E-state index < -0.39 is 0 Å². The fourth-order valence-electron chi connectivity index (χ4n) is 4.22. The minimum absolute atomic E-state index is 0.165. The highest BCUT2D eigenvalue weighted by molar-refractivity contribution is 6.00. The standard InChI is InChI=1S/C19H25N3O/c1-14-11-16(13-20)12-15(2)17(14)21-18(23)19(7-8-19)22(3)9-5-4-6-10-22/h11-12H,4-10H2,1-3H3/p+1. The quantitative estimate of drug-likeness (QED) is 0.871. The Morgan fingerprint density at radius 1 is 1.17 bits per heavy atom. The van der Waals surface area contributed by atoms with E-state index in [9.17, 15) is 4.79 Å². The van der Waals surface area contributed by atoms with E-state index in [1.807, 2.05) is 26.0 Å². The number of rotatable bonds is 3. The Labute approximate surface area is 138 Å². The Balaban J connectivity index is 1.84. The van der Waals surface area contributed by atoms with Gasteiger partial charge in [0.1, 0.15) is 0 Å². The molecule has 1 aromatic rings. The third-order valence-electron chi connectivity index (χ3n) is 5.88. The predicted molar refractivity (Wildman–Crippen MR) is 91.0 cm³/mol. The SMILES string of the molecule is Cc1cc(C#N)cc(C)c1NC(=O)C1([N+]2(C)CCCCC2)CC1. The average molecular weight is 312 g/mol. The number of carbonyl (C=O) groups excluding carboxylic acids is 1. The fourth-order valence-corrected chi connectivity index (χ4v) is 4.22. The molecule has 3 rings (SSSR count). The number of anilines is 1. The number of nitrogens with zero attached hydrogens (tertiary/aromatic N) is 2. The smallest absolute Gasteiger partial charge is 0.285 e. The molecule has 1 saturated carbocycles. The number of hydrogen-bond donors (Lipinski definition) is 1. The number of piperidine rings is 1. The second kappa shape index (κ2) is 5.65. The van der Waals surface area contributed by atoms with Crippen molar-refractivity contribution >= 4 is 11.6 Å². The van der Waals surface area contributed by atoms with Gasteiger partial charge >= 0.3 is 0 Å². The highest BCUT2D eigenvalue weighted by atomic mass is 16.2. The lowest BCUT2D eigenvalue weighted by Gasteiger charge is -2.44. The summed E-state index contributed by atoms with van der Waals surface area (Å²) >= 11 is 0. The van der Waals surface area contributed by atoms with Crippen LogP contribution in [0.15, 0.2) is 12.1 Å². The average Bonchev–Trinajstić information content (AvgIpc) is 3.33. The molecule has 4 nitrogen and oxygen atoms in total. The molecule has 4 heteroatoms. The monoisotopic (exact) mass is 312 g/mol. The second-order valence-electron chi connectivity index (χ2n) is 7.49. The van der Waals surface area contributed by atoms with E-state index in [-0.39, 0.29) is 11.4 Å². The molecule has 1 heterocycles. The van der Waals surface area contributed by atoms with Crippen LogP contribution < -0.4 is 5.32 Å². The number of aryl methyl sites for hydroxylation is 2. The number of likely N-dealkylation sites (N-methyl/N-ethyl adjacent to an activating group) is 1. The number of benzene rings is 1. The first kappa shape index (κ1) is 16.0. The van der Waals surface area contributed by atoms with Gasteiger partial charge in [-0.25, -0.2) is 0 Å². The van der Waals surface area contributed by atoms with E-state index in [0.29, 0.717) is 5.56 Å². The molecular formula is C19H26N3O+. The van der Waals surface area contributed by atoms with Gasteiger partial charge in [0.25, 0.3) is 5.91 Å². The van der Waals surface area contributed by atoms with E-state index in [1.54, 1.807) is 0 Å². The fraction of sp³-hybridized carbons (Fsp3) is 0.579. The third kappa shape index (κ3) is 2.64. The van der Waals surface area contributed by atoms with Crippen molar-refractivity contribution in [2.75, 3.05) is 25.5 Å². The van der Waals surface area contributed by atoms with Gasteiger partial charge in [-0.3, -0.25) is 4.79 Å². The Morgan fingerprint density at radius 2 is 1.74 bits per heavy atom. The molecule has 1 N–H and O–H groups in total.